The molecule has 2 N–H and O–H groups in total. The number of anilines is 1. The second kappa shape index (κ2) is 5.99. The first-order valence-corrected chi connectivity index (χ1v) is 4.65. The molecule has 0 saturated heterocycles. The number of ether oxygens (including phenoxy) is 1. The number of hydrogen-bond donors (Lipinski definition) is 2. The van der Waals surface area contributed by atoms with Gasteiger partial charge in [-0.1, -0.05) is 0 Å². The first-order chi connectivity index (χ1) is 7.69. The van der Waals surface area contributed by atoms with Crippen molar-refractivity contribution >= 4 is 11.9 Å². The molecule has 16 heavy (non-hydrogen) atoms. The molecule has 0 aliphatic rings. The van der Waals surface area contributed by atoms with Gasteiger partial charge in [-0.25, -0.2) is 15.4 Å². The number of rotatable bonds is 5. The van der Waals surface area contributed by atoms with Gasteiger partial charge in [-0.2, -0.15) is 0 Å². The summed E-state index contributed by atoms with van der Waals surface area (Å²) in [5, 5.41) is 8.40. The van der Waals surface area contributed by atoms with E-state index in [9.17, 15) is 4.79 Å². The molecular weight excluding hydrogens is 212 g/mol. The number of amides is 1. The van der Waals surface area contributed by atoms with Gasteiger partial charge in [0.05, 0.1) is 12.2 Å². The lowest BCUT2D eigenvalue weighted by molar-refractivity contribution is 0.0705. The quantitative estimate of drug-likeness (QED) is 0.528. The van der Waals surface area contributed by atoms with Gasteiger partial charge >= 0.3 is 0 Å². The Bertz CT molecular complexity index is 341. The molecule has 1 aromatic rings. The molecule has 0 unspecified atom stereocenters. The molecule has 1 amide bonds. The van der Waals surface area contributed by atoms with Crippen molar-refractivity contribution in [2.45, 2.75) is 0 Å². The van der Waals surface area contributed by atoms with E-state index >= 15 is 0 Å². The molecule has 0 aliphatic carbocycles. The maximum Gasteiger partial charge on any atom is 0.277 e. The maximum absolute atomic E-state index is 11.0. The van der Waals surface area contributed by atoms with Crippen LogP contribution >= 0.6 is 0 Å². The van der Waals surface area contributed by atoms with Crippen LogP contribution in [0.3, 0.4) is 0 Å². The Labute approximate surface area is 93.0 Å². The van der Waals surface area contributed by atoms with Crippen molar-refractivity contribution < 1.29 is 14.7 Å². The molecule has 0 bridgehead atoms. The first-order valence-electron chi connectivity index (χ1n) is 4.65. The van der Waals surface area contributed by atoms with Gasteiger partial charge in [0.1, 0.15) is 0 Å². The maximum atomic E-state index is 11.0. The number of hydrogen-bond acceptors (Lipinski definition) is 6. The zero-order valence-electron chi connectivity index (χ0n) is 9.17. The van der Waals surface area contributed by atoms with Crippen LogP contribution in [0.4, 0.5) is 5.95 Å². The number of carbonyl (C=O) groups excluding carboxylic acids is 1. The van der Waals surface area contributed by atoms with E-state index in [1.54, 1.807) is 12.0 Å². The summed E-state index contributed by atoms with van der Waals surface area (Å²) in [6.45, 7) is 1.22. The van der Waals surface area contributed by atoms with Gasteiger partial charge in [0.25, 0.3) is 5.91 Å². The average molecular weight is 226 g/mol. The molecule has 88 valence electrons. The van der Waals surface area contributed by atoms with E-state index in [0.29, 0.717) is 19.1 Å². The van der Waals surface area contributed by atoms with E-state index in [1.807, 2.05) is 7.05 Å². The predicted molar refractivity (Wildman–Crippen MR) is 56.4 cm³/mol. The van der Waals surface area contributed by atoms with E-state index in [4.69, 9.17) is 9.94 Å². The van der Waals surface area contributed by atoms with Gasteiger partial charge in [-0.3, -0.25) is 10.0 Å². The van der Waals surface area contributed by atoms with Crippen molar-refractivity contribution in [1.29, 1.82) is 0 Å². The van der Waals surface area contributed by atoms with E-state index < -0.39 is 5.91 Å². The second-order valence-electron chi connectivity index (χ2n) is 3.13. The van der Waals surface area contributed by atoms with Gasteiger partial charge in [-0.05, 0) is 0 Å². The molecule has 0 aromatic carbocycles. The minimum atomic E-state index is -0.633. The highest BCUT2D eigenvalue weighted by molar-refractivity contribution is 5.92. The summed E-state index contributed by atoms with van der Waals surface area (Å²) in [4.78, 5) is 20.8. The molecule has 0 aliphatic heterocycles. The zero-order valence-corrected chi connectivity index (χ0v) is 9.17. The van der Waals surface area contributed by atoms with Crippen molar-refractivity contribution in [1.82, 2.24) is 15.4 Å². The van der Waals surface area contributed by atoms with Gasteiger partial charge in [0.2, 0.25) is 5.95 Å². The molecule has 0 fully saturated rings. The topological polar surface area (TPSA) is 87.6 Å². The third-order valence-electron chi connectivity index (χ3n) is 1.97. The van der Waals surface area contributed by atoms with Crippen LogP contribution in [0.1, 0.15) is 10.4 Å². The van der Waals surface area contributed by atoms with Gasteiger partial charge < -0.3 is 9.64 Å². The zero-order chi connectivity index (χ0) is 12.0. The fourth-order valence-electron chi connectivity index (χ4n) is 1.03. The number of aromatic nitrogens is 2. The van der Waals surface area contributed by atoms with Gasteiger partial charge in [0, 0.05) is 33.1 Å². The summed E-state index contributed by atoms with van der Waals surface area (Å²) < 4.78 is 4.92. The molecule has 1 rings (SSSR count). The summed E-state index contributed by atoms with van der Waals surface area (Å²) >= 11 is 0. The number of carbonyl (C=O) groups is 1. The first kappa shape index (κ1) is 12.3. The highest BCUT2D eigenvalue weighted by atomic mass is 16.5. The number of nitrogens with one attached hydrogen (secondary N) is 1. The lowest BCUT2D eigenvalue weighted by Crippen LogP contribution is -2.25. The number of nitrogens with zero attached hydrogens (tertiary/aromatic N) is 3. The Morgan fingerprint density at radius 1 is 1.56 bits per heavy atom. The minimum Gasteiger partial charge on any atom is -0.383 e. The highest BCUT2D eigenvalue weighted by Gasteiger charge is 2.07. The van der Waals surface area contributed by atoms with E-state index in [-0.39, 0.29) is 5.56 Å². The lowest BCUT2D eigenvalue weighted by Gasteiger charge is -2.15. The summed E-state index contributed by atoms with van der Waals surface area (Å²) in [5.41, 5.74) is 1.71. The second-order valence-corrected chi connectivity index (χ2v) is 3.13. The summed E-state index contributed by atoms with van der Waals surface area (Å²) in [6.07, 6.45) is 2.69. The van der Waals surface area contributed by atoms with Crippen molar-refractivity contribution in [3.63, 3.8) is 0 Å². The van der Waals surface area contributed by atoms with Gasteiger partial charge in [-0.15, -0.1) is 0 Å². The van der Waals surface area contributed by atoms with Gasteiger partial charge in [0.15, 0.2) is 0 Å². The van der Waals surface area contributed by atoms with Crippen LogP contribution in [0.2, 0.25) is 0 Å². The number of hydroxylamine groups is 1. The molecule has 1 aromatic heterocycles. The molecular formula is C9H14N4O3. The Hall–Kier alpha value is -1.73. The lowest BCUT2D eigenvalue weighted by atomic mass is 10.3. The van der Waals surface area contributed by atoms with Crippen LogP contribution < -0.4 is 10.4 Å². The van der Waals surface area contributed by atoms with Crippen LogP contribution in [0.15, 0.2) is 12.4 Å². The van der Waals surface area contributed by atoms with Crippen LogP contribution in [-0.2, 0) is 4.74 Å². The summed E-state index contributed by atoms with van der Waals surface area (Å²) in [6, 6.07) is 0. The largest absolute Gasteiger partial charge is 0.383 e. The normalized spacial score (nSPS) is 9.94. The monoisotopic (exact) mass is 226 g/mol. The predicted octanol–water partition coefficient (Wildman–Crippen LogP) is -0.322. The summed E-state index contributed by atoms with van der Waals surface area (Å²) in [5.74, 6) is -0.141. The Morgan fingerprint density at radius 2 is 2.19 bits per heavy atom. The Morgan fingerprint density at radius 3 is 2.69 bits per heavy atom. The fourth-order valence-corrected chi connectivity index (χ4v) is 1.03. The SMILES string of the molecule is COCCN(C)c1ncc(C(=O)NO)cn1. The minimum absolute atomic E-state index is 0.200. The Kier molecular flexibility index (Phi) is 4.62. The van der Waals surface area contributed by atoms with Crippen LogP contribution in [-0.4, -0.2) is 48.4 Å². The molecule has 0 atom stereocenters. The van der Waals surface area contributed by atoms with Crippen molar-refractivity contribution in [3.05, 3.63) is 18.0 Å². The Balaban J connectivity index is 2.67. The van der Waals surface area contributed by atoms with Crippen LogP contribution in [0.25, 0.3) is 0 Å². The van der Waals surface area contributed by atoms with Crippen LogP contribution in [0, 0.1) is 0 Å². The molecule has 0 radical (unpaired) electrons. The van der Waals surface area contributed by atoms with Crippen molar-refractivity contribution in [2.24, 2.45) is 0 Å². The van der Waals surface area contributed by atoms with Crippen molar-refractivity contribution in [3.8, 4) is 0 Å². The fraction of sp³-hybridized carbons (Fsp3) is 0.444. The van der Waals surface area contributed by atoms with E-state index in [1.165, 1.54) is 17.9 Å². The standard InChI is InChI=1S/C9H14N4O3/c1-13(3-4-16-2)9-10-5-7(6-11-9)8(14)12-15/h5-6,15H,3-4H2,1-2H3,(H,12,14). The molecule has 1 heterocycles. The van der Waals surface area contributed by atoms with E-state index in [2.05, 4.69) is 9.97 Å². The van der Waals surface area contributed by atoms with Crippen LogP contribution in [0.5, 0.6) is 0 Å². The third kappa shape index (κ3) is 3.14. The third-order valence-corrected chi connectivity index (χ3v) is 1.97. The summed E-state index contributed by atoms with van der Waals surface area (Å²) in [7, 11) is 3.43. The molecule has 0 spiro atoms. The molecule has 0 saturated carbocycles. The number of likely N-dealkylation sites (N-methyl/N-ethyl adjacent to an activating group) is 1. The molecule has 7 nitrogen and oxygen atoms in total. The number of methoxy groups -OCH3 is 1. The van der Waals surface area contributed by atoms with E-state index in [0.717, 1.165) is 0 Å². The smallest absolute Gasteiger partial charge is 0.277 e. The highest BCUT2D eigenvalue weighted by Crippen LogP contribution is 2.04. The molecule has 7 heteroatoms. The average Bonchev–Trinajstić information content (AvgIpc) is 2.35. The van der Waals surface area contributed by atoms with Crippen molar-refractivity contribution in [2.75, 3.05) is 32.2 Å².